The summed E-state index contributed by atoms with van der Waals surface area (Å²) in [6, 6.07) is 16.0. The summed E-state index contributed by atoms with van der Waals surface area (Å²) in [7, 11) is 0. The quantitative estimate of drug-likeness (QED) is 0.765. The van der Waals surface area contributed by atoms with E-state index < -0.39 is 0 Å². The van der Waals surface area contributed by atoms with Crippen LogP contribution in [0.25, 0.3) is 0 Å². The normalized spacial score (nSPS) is 11.8. The molecule has 0 aliphatic rings. The van der Waals surface area contributed by atoms with E-state index in [-0.39, 0.29) is 17.8 Å². The van der Waals surface area contributed by atoms with Crippen molar-refractivity contribution in [2.24, 2.45) is 0 Å². The van der Waals surface area contributed by atoms with E-state index in [9.17, 15) is 9.18 Å². The predicted octanol–water partition coefficient (Wildman–Crippen LogP) is 4.39. The van der Waals surface area contributed by atoms with E-state index in [1.165, 1.54) is 24.3 Å². The number of rotatable bonds is 4. The summed E-state index contributed by atoms with van der Waals surface area (Å²) in [6.07, 6.45) is 3.37. The molecule has 24 heavy (non-hydrogen) atoms. The lowest BCUT2D eigenvalue weighted by atomic mass is 9.99. The van der Waals surface area contributed by atoms with Crippen LogP contribution in [-0.2, 0) is 0 Å². The molecule has 5 heteroatoms. The van der Waals surface area contributed by atoms with Gasteiger partial charge in [-0.2, -0.15) is 0 Å². The lowest BCUT2D eigenvalue weighted by molar-refractivity contribution is 0.0943. The van der Waals surface area contributed by atoms with Gasteiger partial charge in [0.15, 0.2) is 0 Å². The van der Waals surface area contributed by atoms with E-state index in [0.717, 1.165) is 11.1 Å². The highest BCUT2D eigenvalue weighted by atomic mass is 35.5. The van der Waals surface area contributed by atoms with Gasteiger partial charge in [0.25, 0.3) is 5.91 Å². The minimum absolute atomic E-state index is 0.293. The van der Waals surface area contributed by atoms with Gasteiger partial charge in [0.05, 0.1) is 6.04 Å². The predicted molar refractivity (Wildman–Crippen MR) is 91.4 cm³/mol. The van der Waals surface area contributed by atoms with E-state index in [4.69, 9.17) is 11.6 Å². The minimum Gasteiger partial charge on any atom is -0.341 e. The van der Waals surface area contributed by atoms with E-state index in [1.807, 2.05) is 24.3 Å². The van der Waals surface area contributed by atoms with E-state index in [0.29, 0.717) is 10.6 Å². The van der Waals surface area contributed by atoms with Gasteiger partial charge in [-0.15, -0.1) is 0 Å². The molecular formula is C19H14ClFN2O. The first kappa shape index (κ1) is 16.1. The summed E-state index contributed by atoms with van der Waals surface area (Å²) < 4.78 is 13.0. The van der Waals surface area contributed by atoms with Gasteiger partial charge in [-0.3, -0.25) is 9.78 Å². The van der Waals surface area contributed by atoms with Crippen LogP contribution in [0.15, 0.2) is 73.1 Å². The van der Waals surface area contributed by atoms with Crippen molar-refractivity contribution in [3.63, 3.8) is 0 Å². The fourth-order valence-electron chi connectivity index (χ4n) is 2.38. The van der Waals surface area contributed by atoms with Crippen LogP contribution in [0.5, 0.6) is 0 Å². The molecule has 1 amide bonds. The molecule has 0 aliphatic carbocycles. The topological polar surface area (TPSA) is 42.0 Å². The van der Waals surface area contributed by atoms with Gasteiger partial charge in [-0.05, 0) is 53.6 Å². The summed E-state index contributed by atoms with van der Waals surface area (Å²) in [4.78, 5) is 16.6. The zero-order valence-electron chi connectivity index (χ0n) is 12.6. The van der Waals surface area contributed by atoms with Crippen molar-refractivity contribution < 1.29 is 9.18 Å². The molecule has 1 N–H and O–H groups in total. The second-order valence-electron chi connectivity index (χ2n) is 5.25. The number of nitrogens with zero attached hydrogens (tertiary/aromatic N) is 1. The van der Waals surface area contributed by atoms with Gasteiger partial charge in [-0.1, -0.05) is 29.8 Å². The van der Waals surface area contributed by atoms with Gasteiger partial charge >= 0.3 is 0 Å². The highest BCUT2D eigenvalue weighted by molar-refractivity contribution is 6.30. The highest BCUT2D eigenvalue weighted by Crippen LogP contribution is 2.23. The second-order valence-corrected chi connectivity index (χ2v) is 5.69. The lowest BCUT2D eigenvalue weighted by Crippen LogP contribution is -2.29. The van der Waals surface area contributed by atoms with Crippen molar-refractivity contribution >= 4 is 17.5 Å². The summed E-state index contributed by atoms with van der Waals surface area (Å²) in [5.41, 5.74) is 2.11. The van der Waals surface area contributed by atoms with Crippen LogP contribution in [0.3, 0.4) is 0 Å². The molecule has 0 saturated carbocycles. The van der Waals surface area contributed by atoms with Crippen molar-refractivity contribution in [3.05, 3.63) is 101 Å². The first-order valence-electron chi connectivity index (χ1n) is 7.35. The van der Waals surface area contributed by atoms with E-state index in [2.05, 4.69) is 10.3 Å². The molecule has 1 heterocycles. The van der Waals surface area contributed by atoms with Gasteiger partial charge in [-0.25, -0.2) is 4.39 Å². The van der Waals surface area contributed by atoms with Crippen molar-refractivity contribution in [3.8, 4) is 0 Å². The highest BCUT2D eigenvalue weighted by Gasteiger charge is 2.18. The number of aromatic nitrogens is 1. The van der Waals surface area contributed by atoms with Crippen molar-refractivity contribution in [2.75, 3.05) is 0 Å². The van der Waals surface area contributed by atoms with Crippen molar-refractivity contribution in [1.29, 1.82) is 0 Å². The molecule has 3 nitrogen and oxygen atoms in total. The Bertz CT molecular complexity index is 820. The number of benzene rings is 2. The molecule has 0 radical (unpaired) electrons. The number of carbonyl (C=O) groups excluding carboxylic acids is 1. The Morgan fingerprint density at radius 3 is 2.33 bits per heavy atom. The third kappa shape index (κ3) is 3.78. The van der Waals surface area contributed by atoms with Crippen LogP contribution >= 0.6 is 11.6 Å². The van der Waals surface area contributed by atoms with Crippen LogP contribution in [0, 0.1) is 5.82 Å². The molecule has 0 bridgehead atoms. The van der Waals surface area contributed by atoms with Gasteiger partial charge in [0, 0.05) is 23.0 Å². The maximum absolute atomic E-state index is 13.0. The number of hydrogen-bond donors (Lipinski definition) is 1. The van der Waals surface area contributed by atoms with Crippen molar-refractivity contribution in [1.82, 2.24) is 10.3 Å². The molecule has 0 aliphatic heterocycles. The zero-order chi connectivity index (χ0) is 16.9. The standard InChI is InChI=1S/C19H14ClFN2O/c20-16-7-3-13(4-8-16)18(15-2-1-11-22-12-15)23-19(24)14-5-9-17(21)10-6-14/h1-12,18H,(H,23,24)/t18-/m1/s1. The number of carbonyl (C=O) groups is 1. The maximum atomic E-state index is 13.0. The SMILES string of the molecule is O=C(N[C@H](c1ccc(Cl)cc1)c1cccnc1)c1ccc(F)cc1. The molecule has 0 unspecified atom stereocenters. The van der Waals surface area contributed by atoms with E-state index >= 15 is 0 Å². The fraction of sp³-hybridized carbons (Fsp3) is 0.0526. The van der Waals surface area contributed by atoms with Gasteiger partial charge in [0.1, 0.15) is 5.82 Å². The molecule has 0 saturated heterocycles. The third-order valence-electron chi connectivity index (χ3n) is 3.60. The smallest absolute Gasteiger partial charge is 0.252 e. The van der Waals surface area contributed by atoms with Crippen LogP contribution in [0.1, 0.15) is 27.5 Å². The largest absolute Gasteiger partial charge is 0.341 e. The Balaban J connectivity index is 1.91. The number of pyridine rings is 1. The summed E-state index contributed by atoms with van der Waals surface area (Å²) in [6.45, 7) is 0. The first-order valence-corrected chi connectivity index (χ1v) is 7.73. The van der Waals surface area contributed by atoms with Crippen LogP contribution < -0.4 is 5.32 Å². The Kier molecular flexibility index (Phi) is 4.87. The fourth-order valence-corrected chi connectivity index (χ4v) is 2.50. The van der Waals surface area contributed by atoms with Crippen LogP contribution in [0.2, 0.25) is 5.02 Å². The molecular weight excluding hydrogens is 327 g/mol. The Labute approximate surface area is 144 Å². The van der Waals surface area contributed by atoms with Crippen LogP contribution in [-0.4, -0.2) is 10.9 Å². The number of amides is 1. The first-order chi connectivity index (χ1) is 11.6. The summed E-state index contributed by atoms with van der Waals surface area (Å²) in [5.74, 6) is -0.674. The maximum Gasteiger partial charge on any atom is 0.252 e. The molecule has 0 spiro atoms. The number of nitrogens with one attached hydrogen (secondary N) is 1. The third-order valence-corrected chi connectivity index (χ3v) is 3.85. The summed E-state index contributed by atoms with van der Waals surface area (Å²) in [5, 5.41) is 3.58. The molecule has 3 aromatic rings. The molecule has 120 valence electrons. The van der Waals surface area contributed by atoms with Gasteiger partial charge < -0.3 is 5.32 Å². The zero-order valence-corrected chi connectivity index (χ0v) is 13.4. The molecule has 1 atom stereocenters. The summed E-state index contributed by atoms with van der Waals surface area (Å²) >= 11 is 5.94. The second kappa shape index (κ2) is 7.23. The van der Waals surface area contributed by atoms with Gasteiger partial charge in [0.2, 0.25) is 0 Å². The molecule has 0 fully saturated rings. The number of hydrogen-bond acceptors (Lipinski definition) is 2. The average Bonchev–Trinajstić information content (AvgIpc) is 2.62. The van der Waals surface area contributed by atoms with Crippen LogP contribution in [0.4, 0.5) is 4.39 Å². The Hall–Kier alpha value is -2.72. The Morgan fingerprint density at radius 1 is 1.00 bits per heavy atom. The molecule has 1 aromatic heterocycles. The number of halogens is 2. The molecule has 3 rings (SSSR count). The lowest BCUT2D eigenvalue weighted by Gasteiger charge is -2.19. The monoisotopic (exact) mass is 340 g/mol. The average molecular weight is 341 g/mol. The van der Waals surface area contributed by atoms with E-state index in [1.54, 1.807) is 24.5 Å². The van der Waals surface area contributed by atoms with Crippen molar-refractivity contribution in [2.45, 2.75) is 6.04 Å². The minimum atomic E-state index is -0.381. The molecule has 2 aromatic carbocycles. The Morgan fingerprint density at radius 2 is 1.71 bits per heavy atom.